The van der Waals surface area contributed by atoms with E-state index in [9.17, 15) is 5.11 Å². The number of aryl methyl sites for hydroxylation is 1. The second-order valence-electron chi connectivity index (χ2n) is 6.06. The molecule has 26 heavy (non-hydrogen) atoms. The Morgan fingerprint density at radius 2 is 1.96 bits per heavy atom. The van der Waals surface area contributed by atoms with E-state index in [0.29, 0.717) is 12.5 Å². The van der Waals surface area contributed by atoms with E-state index in [1.807, 2.05) is 41.8 Å². The summed E-state index contributed by atoms with van der Waals surface area (Å²) in [5.41, 5.74) is -0.153. The first-order valence-corrected chi connectivity index (χ1v) is 8.73. The van der Waals surface area contributed by atoms with Crippen molar-refractivity contribution >= 4 is 29.9 Å². The summed E-state index contributed by atoms with van der Waals surface area (Å²) in [4.78, 5) is 4.53. The number of hydrogen-bond acceptors (Lipinski definition) is 4. The van der Waals surface area contributed by atoms with Gasteiger partial charge in [-0.15, -0.1) is 34.2 Å². The molecule has 0 saturated heterocycles. The molecule has 1 unspecified atom stereocenters. The van der Waals surface area contributed by atoms with Crippen molar-refractivity contribution in [2.45, 2.75) is 39.3 Å². The highest BCUT2D eigenvalue weighted by atomic mass is 127. The first kappa shape index (κ1) is 22.4. The average Bonchev–Trinajstić information content (AvgIpc) is 3.08. The fourth-order valence-electron chi connectivity index (χ4n) is 2.50. The van der Waals surface area contributed by atoms with Gasteiger partial charge in [-0.2, -0.15) is 0 Å². The third-order valence-corrected chi connectivity index (χ3v) is 3.94. The number of guanidine groups is 1. The highest BCUT2D eigenvalue weighted by Gasteiger charge is 2.22. The summed E-state index contributed by atoms with van der Waals surface area (Å²) < 4.78 is 2.02. The molecule has 1 atom stereocenters. The minimum atomic E-state index is -1.01. The first-order valence-electron chi connectivity index (χ1n) is 8.73. The van der Waals surface area contributed by atoms with Crippen molar-refractivity contribution in [2.75, 3.05) is 19.6 Å². The first-order chi connectivity index (χ1) is 12.1. The zero-order valence-corrected chi connectivity index (χ0v) is 18.0. The van der Waals surface area contributed by atoms with E-state index in [0.717, 1.165) is 30.9 Å². The van der Waals surface area contributed by atoms with Crippen LogP contribution in [0, 0.1) is 0 Å². The van der Waals surface area contributed by atoms with Gasteiger partial charge in [0.05, 0.1) is 6.54 Å². The smallest absolute Gasteiger partial charge is 0.191 e. The number of benzene rings is 1. The van der Waals surface area contributed by atoms with Gasteiger partial charge < -0.3 is 20.3 Å². The number of hydrogen-bond donors (Lipinski definition) is 3. The fraction of sp³-hybridized carbons (Fsp3) is 0.500. The second kappa shape index (κ2) is 11.1. The van der Waals surface area contributed by atoms with Crippen molar-refractivity contribution in [3.63, 3.8) is 0 Å². The van der Waals surface area contributed by atoms with Crippen molar-refractivity contribution in [1.29, 1.82) is 0 Å². The van der Waals surface area contributed by atoms with Crippen LogP contribution in [-0.2, 0) is 18.6 Å². The van der Waals surface area contributed by atoms with Gasteiger partial charge in [-0.1, -0.05) is 37.3 Å². The average molecular weight is 472 g/mol. The van der Waals surface area contributed by atoms with Crippen LogP contribution in [0.25, 0.3) is 0 Å². The van der Waals surface area contributed by atoms with Crippen molar-refractivity contribution < 1.29 is 5.11 Å². The largest absolute Gasteiger partial charge is 0.384 e. The lowest BCUT2D eigenvalue weighted by molar-refractivity contribution is 0.0672. The van der Waals surface area contributed by atoms with Gasteiger partial charge in [0.25, 0.3) is 0 Å². The molecule has 0 spiro atoms. The Balaban J connectivity index is 0.00000338. The predicted octanol–water partition coefficient (Wildman–Crippen LogP) is 1.92. The molecule has 0 bridgehead atoms. The van der Waals surface area contributed by atoms with Gasteiger partial charge in [-0.3, -0.25) is 0 Å². The van der Waals surface area contributed by atoms with Crippen LogP contribution in [0.4, 0.5) is 0 Å². The molecule has 0 aliphatic carbocycles. The van der Waals surface area contributed by atoms with Crippen molar-refractivity contribution in [3.05, 3.63) is 48.0 Å². The summed E-state index contributed by atoms with van der Waals surface area (Å²) in [6, 6.07) is 9.59. The Labute approximate surface area is 172 Å². The molecular weight excluding hydrogens is 443 g/mol. The number of halogens is 1. The van der Waals surface area contributed by atoms with Crippen LogP contribution in [0.15, 0.2) is 41.7 Å². The third kappa shape index (κ3) is 6.56. The normalized spacial score (nSPS) is 13.6. The molecule has 144 valence electrons. The minimum Gasteiger partial charge on any atom is -0.384 e. The van der Waals surface area contributed by atoms with E-state index >= 15 is 0 Å². The zero-order chi connectivity index (χ0) is 18.1. The summed E-state index contributed by atoms with van der Waals surface area (Å²) in [6.45, 7) is 8.35. The van der Waals surface area contributed by atoms with Crippen molar-refractivity contribution in [1.82, 2.24) is 25.4 Å². The lowest BCUT2D eigenvalue weighted by Gasteiger charge is -2.22. The highest BCUT2D eigenvalue weighted by Crippen LogP contribution is 2.20. The maximum atomic E-state index is 10.7. The van der Waals surface area contributed by atoms with E-state index in [4.69, 9.17) is 0 Å². The Morgan fingerprint density at radius 1 is 1.23 bits per heavy atom. The summed E-state index contributed by atoms with van der Waals surface area (Å²) in [5.74, 6) is 1.65. The molecule has 0 aliphatic heterocycles. The Kier molecular flexibility index (Phi) is 9.57. The van der Waals surface area contributed by atoms with Gasteiger partial charge >= 0.3 is 0 Å². The van der Waals surface area contributed by atoms with Crippen LogP contribution in [0.1, 0.15) is 32.2 Å². The number of nitrogens with zero attached hydrogens (tertiary/aromatic N) is 4. The number of nitrogens with one attached hydrogen (secondary N) is 2. The Bertz CT molecular complexity index is 671. The lowest BCUT2D eigenvalue weighted by Crippen LogP contribution is -2.40. The molecule has 1 aromatic carbocycles. The molecule has 2 aromatic rings. The molecule has 0 saturated carbocycles. The van der Waals surface area contributed by atoms with Gasteiger partial charge in [0.2, 0.25) is 0 Å². The zero-order valence-electron chi connectivity index (χ0n) is 15.6. The predicted molar refractivity (Wildman–Crippen MR) is 115 cm³/mol. The molecule has 2 rings (SSSR count). The molecule has 0 aliphatic rings. The van der Waals surface area contributed by atoms with Gasteiger partial charge in [-0.05, 0) is 19.4 Å². The van der Waals surface area contributed by atoms with Crippen molar-refractivity contribution in [3.8, 4) is 0 Å². The molecular formula is C18H29IN6O. The molecule has 1 heterocycles. The van der Waals surface area contributed by atoms with E-state index in [-0.39, 0.29) is 30.5 Å². The quantitative estimate of drug-likeness (QED) is 0.311. The number of aliphatic hydroxyl groups is 1. The molecule has 7 nitrogen and oxygen atoms in total. The van der Waals surface area contributed by atoms with Gasteiger partial charge in [0, 0.05) is 26.1 Å². The highest BCUT2D eigenvalue weighted by molar-refractivity contribution is 14.0. The standard InChI is InChI=1S/C18H28N6O.HI/c1-4-16-23-22-14-24(16)12-11-20-17(19-5-2)21-13-18(3,25)15-9-7-6-8-10-15;/h6-10,14,25H,4-5,11-13H2,1-3H3,(H2,19,20,21);1H. The molecule has 3 N–H and O–H groups in total. The lowest BCUT2D eigenvalue weighted by atomic mass is 9.96. The van der Waals surface area contributed by atoms with Gasteiger partial charge in [0.15, 0.2) is 5.96 Å². The van der Waals surface area contributed by atoms with Crippen LogP contribution in [0.5, 0.6) is 0 Å². The van der Waals surface area contributed by atoms with Crippen LogP contribution in [0.2, 0.25) is 0 Å². The molecule has 0 fully saturated rings. The Morgan fingerprint density at radius 3 is 2.62 bits per heavy atom. The maximum Gasteiger partial charge on any atom is 0.191 e. The maximum absolute atomic E-state index is 10.7. The van der Waals surface area contributed by atoms with E-state index < -0.39 is 5.60 Å². The van der Waals surface area contributed by atoms with E-state index in [2.05, 4.69) is 32.7 Å². The van der Waals surface area contributed by atoms with Crippen molar-refractivity contribution in [2.24, 2.45) is 4.99 Å². The molecule has 0 radical (unpaired) electrons. The molecule has 0 amide bonds. The van der Waals surface area contributed by atoms with Gasteiger partial charge in [-0.25, -0.2) is 4.99 Å². The topological polar surface area (TPSA) is 87.4 Å². The third-order valence-electron chi connectivity index (χ3n) is 3.94. The Hall–Kier alpha value is -1.68. The summed E-state index contributed by atoms with van der Waals surface area (Å²) in [6.07, 6.45) is 2.60. The van der Waals surface area contributed by atoms with E-state index in [1.54, 1.807) is 13.3 Å². The van der Waals surface area contributed by atoms with Crippen LogP contribution in [0.3, 0.4) is 0 Å². The fourth-order valence-corrected chi connectivity index (χ4v) is 2.50. The number of aliphatic imine (C=N–C) groups is 1. The molecule has 1 aromatic heterocycles. The number of rotatable bonds is 8. The summed E-state index contributed by atoms with van der Waals surface area (Å²) >= 11 is 0. The van der Waals surface area contributed by atoms with Gasteiger partial charge in [0.1, 0.15) is 17.8 Å². The van der Waals surface area contributed by atoms with Crippen LogP contribution in [-0.4, -0.2) is 45.5 Å². The van der Waals surface area contributed by atoms with E-state index in [1.165, 1.54) is 0 Å². The summed E-state index contributed by atoms with van der Waals surface area (Å²) in [5, 5.41) is 25.2. The minimum absolute atomic E-state index is 0. The van der Waals surface area contributed by atoms with Crippen LogP contribution < -0.4 is 10.6 Å². The van der Waals surface area contributed by atoms with Crippen LogP contribution >= 0.6 is 24.0 Å². The monoisotopic (exact) mass is 472 g/mol. The summed E-state index contributed by atoms with van der Waals surface area (Å²) in [7, 11) is 0. The second-order valence-corrected chi connectivity index (χ2v) is 6.06. The number of aromatic nitrogens is 3. The SMILES string of the molecule is CCNC(=NCC(C)(O)c1ccccc1)NCCn1cnnc1CC.I. The molecule has 8 heteroatoms.